The molecule has 2 aliphatic rings. The van der Waals surface area contributed by atoms with Crippen LogP contribution in [0.4, 0.5) is 0 Å². The molecule has 0 fully saturated rings. The van der Waals surface area contributed by atoms with E-state index in [2.05, 4.69) is 64.2 Å². The maximum Gasteiger partial charge on any atom is 0.320 e. The first-order chi connectivity index (χ1) is 32.7. The highest BCUT2D eigenvalue weighted by Gasteiger charge is 2.29. The highest BCUT2D eigenvalue weighted by molar-refractivity contribution is 8.03. The minimum absolute atomic E-state index is 0.00923. The minimum atomic E-state index is -0.607. The van der Waals surface area contributed by atoms with Gasteiger partial charge in [0, 0.05) is 50.5 Å². The molecule has 17 nitrogen and oxygen atoms in total. The lowest BCUT2D eigenvalue weighted by Gasteiger charge is -2.21. The fraction of sp³-hybridized carbons (Fsp3) is 0.542. The minimum Gasteiger partial charge on any atom is -0.465 e. The van der Waals surface area contributed by atoms with Gasteiger partial charge in [-0.15, -0.1) is 0 Å². The number of unbranched alkanes of at least 4 members (excludes halogenated alkanes) is 1. The van der Waals surface area contributed by atoms with Gasteiger partial charge in [-0.25, -0.2) is 0 Å². The number of amides is 4. The predicted molar refractivity (Wildman–Crippen MR) is 269 cm³/mol. The van der Waals surface area contributed by atoms with Crippen molar-refractivity contribution >= 4 is 85.4 Å². The topological polar surface area (TPSA) is 222 Å². The van der Waals surface area contributed by atoms with E-state index in [9.17, 15) is 38.4 Å². The molecule has 4 amide bonds. The number of nitrogens with one attached hydrogen (secondary N) is 3. The Balaban J connectivity index is 0.000000455. The molecule has 0 spiro atoms. The van der Waals surface area contributed by atoms with Gasteiger partial charge in [-0.1, -0.05) is 67.3 Å². The first-order valence-electron chi connectivity index (χ1n) is 22.6. The molecule has 0 aromatic heterocycles. The van der Waals surface area contributed by atoms with E-state index in [-0.39, 0.29) is 101 Å². The van der Waals surface area contributed by atoms with E-state index in [0.29, 0.717) is 52.4 Å². The SMILES string of the molecule is CC(C)(C)OC(=O)CNC(CCCCNC(=O)COCCOCCNC(=O)CCN1C(=O)C=CC1=O)C(=O)P=S.CC(C)(C)OC(=O)CP=S.CCC(=O)OCC1c2ccccc2-c2ccccc21. The summed E-state index contributed by atoms with van der Waals surface area (Å²) in [7, 11) is 0.837. The largest absolute Gasteiger partial charge is 0.465 e. The van der Waals surface area contributed by atoms with Crippen molar-refractivity contribution in [3.63, 3.8) is 0 Å². The quantitative estimate of drug-likeness (QED) is 0.0350. The summed E-state index contributed by atoms with van der Waals surface area (Å²) in [6, 6.07) is 16.2. The van der Waals surface area contributed by atoms with E-state index >= 15 is 0 Å². The lowest BCUT2D eigenvalue weighted by Crippen LogP contribution is -2.40. The van der Waals surface area contributed by atoms with Gasteiger partial charge in [-0.05, 0) is 102 Å². The summed E-state index contributed by atoms with van der Waals surface area (Å²) in [6.07, 6.45) is 4.83. The van der Waals surface area contributed by atoms with Gasteiger partial charge in [0.25, 0.3) is 11.8 Å². The second-order valence-corrected chi connectivity index (χ2v) is 19.9. The zero-order valence-electron chi connectivity index (χ0n) is 40.5. The summed E-state index contributed by atoms with van der Waals surface area (Å²) in [6.45, 7) is 14.2. The molecule has 378 valence electrons. The molecule has 0 saturated carbocycles. The van der Waals surface area contributed by atoms with E-state index in [1.807, 2.05) is 39.8 Å². The number of hydrogen-bond donors (Lipinski definition) is 3. The number of ether oxygens (including phenoxy) is 5. The third kappa shape index (κ3) is 25.1. The van der Waals surface area contributed by atoms with Crippen molar-refractivity contribution in [1.82, 2.24) is 20.9 Å². The number of fused-ring (bicyclic) bond motifs is 3. The van der Waals surface area contributed by atoms with E-state index in [4.69, 9.17) is 35.5 Å². The zero-order valence-corrected chi connectivity index (χ0v) is 43.9. The summed E-state index contributed by atoms with van der Waals surface area (Å²) in [5, 5.41) is 8.27. The summed E-state index contributed by atoms with van der Waals surface area (Å²) in [5.41, 5.74) is 3.86. The van der Waals surface area contributed by atoms with E-state index < -0.39 is 29.4 Å². The summed E-state index contributed by atoms with van der Waals surface area (Å²) >= 11 is 9.41. The average molecular weight is 1030 g/mol. The summed E-state index contributed by atoms with van der Waals surface area (Å²) in [4.78, 5) is 93.6. The van der Waals surface area contributed by atoms with Crippen LogP contribution < -0.4 is 16.0 Å². The van der Waals surface area contributed by atoms with Crippen LogP contribution in [0, 0.1) is 0 Å². The molecule has 0 bridgehead atoms. The molecule has 0 radical (unpaired) electrons. The van der Waals surface area contributed by atoms with Crippen molar-refractivity contribution in [3.05, 3.63) is 71.8 Å². The Morgan fingerprint density at radius 1 is 0.725 bits per heavy atom. The number of benzene rings is 2. The van der Waals surface area contributed by atoms with Gasteiger partial charge in [0.05, 0.1) is 45.9 Å². The van der Waals surface area contributed by atoms with Crippen molar-refractivity contribution in [2.45, 2.75) is 104 Å². The molecular weight excluding hydrogens is 967 g/mol. The first-order valence-corrected chi connectivity index (χ1v) is 26.6. The number of rotatable bonds is 26. The molecule has 1 aliphatic heterocycles. The maximum atomic E-state index is 12.1. The molecule has 21 heteroatoms. The van der Waals surface area contributed by atoms with E-state index in [0.717, 1.165) is 4.90 Å². The molecule has 3 N–H and O–H groups in total. The Kier molecular flexibility index (Phi) is 28.2. The number of hydrogen-bond acceptors (Lipinski definition) is 16. The van der Waals surface area contributed by atoms with Gasteiger partial charge in [-0.2, -0.15) is 0 Å². The first kappa shape index (κ1) is 60.4. The molecule has 2 aromatic rings. The number of carbonyl (C=O) groups excluding carboxylic acids is 8. The number of nitrogens with zero attached hydrogens (tertiary/aromatic N) is 1. The van der Waals surface area contributed by atoms with E-state index in [1.54, 1.807) is 20.8 Å². The smallest absolute Gasteiger partial charge is 0.320 e. The van der Waals surface area contributed by atoms with Crippen LogP contribution in [0.15, 0.2) is 60.7 Å². The van der Waals surface area contributed by atoms with Crippen LogP contribution in [0.25, 0.3) is 11.1 Å². The van der Waals surface area contributed by atoms with Crippen LogP contribution in [0.2, 0.25) is 0 Å². The van der Waals surface area contributed by atoms with Gasteiger partial charge >= 0.3 is 17.9 Å². The molecule has 0 saturated heterocycles. The van der Waals surface area contributed by atoms with Crippen molar-refractivity contribution in [3.8, 4) is 11.1 Å². The Bertz CT molecular complexity index is 2050. The molecule has 1 heterocycles. The van der Waals surface area contributed by atoms with Crippen LogP contribution in [-0.2, 0) is 85.7 Å². The van der Waals surface area contributed by atoms with Crippen molar-refractivity contribution < 1.29 is 62.0 Å². The number of imide groups is 1. The zero-order chi connectivity index (χ0) is 51.4. The molecule has 1 atom stereocenters. The third-order valence-electron chi connectivity index (χ3n) is 9.46. The third-order valence-corrected chi connectivity index (χ3v) is 11.3. The monoisotopic (exact) mass is 1030 g/mol. The Hall–Kier alpha value is -4.74. The van der Waals surface area contributed by atoms with Crippen LogP contribution in [0.5, 0.6) is 0 Å². The van der Waals surface area contributed by atoms with Gasteiger partial charge in [-0.3, -0.25) is 48.6 Å². The van der Waals surface area contributed by atoms with Gasteiger partial charge in [0.2, 0.25) is 17.3 Å². The fourth-order valence-electron chi connectivity index (χ4n) is 6.46. The molecule has 4 rings (SSSR count). The van der Waals surface area contributed by atoms with Crippen LogP contribution in [-0.4, -0.2) is 135 Å². The lowest BCUT2D eigenvalue weighted by atomic mass is 9.98. The van der Waals surface area contributed by atoms with Gasteiger partial charge in [0.15, 0.2) is 0 Å². The highest BCUT2D eigenvalue weighted by Crippen LogP contribution is 2.44. The highest BCUT2D eigenvalue weighted by atomic mass is 32.4. The second-order valence-electron chi connectivity index (χ2n) is 17.4. The van der Waals surface area contributed by atoms with Crippen molar-refractivity contribution in [2.24, 2.45) is 0 Å². The molecule has 1 unspecified atom stereocenters. The van der Waals surface area contributed by atoms with Gasteiger partial charge in [0.1, 0.15) is 24.4 Å². The number of esters is 3. The summed E-state index contributed by atoms with van der Waals surface area (Å²) < 4.78 is 26.1. The maximum absolute atomic E-state index is 12.1. The average Bonchev–Trinajstić information content (AvgIpc) is 3.79. The van der Waals surface area contributed by atoms with Crippen LogP contribution in [0.1, 0.15) is 97.6 Å². The second kappa shape index (κ2) is 32.2. The molecule has 1 aliphatic carbocycles. The molecular formula is C48H66N4O13P2S2. The Labute approximate surface area is 418 Å². The predicted octanol–water partition coefficient (Wildman–Crippen LogP) is 5.46. The van der Waals surface area contributed by atoms with Crippen LogP contribution >= 0.6 is 14.7 Å². The van der Waals surface area contributed by atoms with Gasteiger partial charge < -0.3 is 34.3 Å². The Morgan fingerprint density at radius 2 is 1.29 bits per heavy atom. The summed E-state index contributed by atoms with van der Waals surface area (Å²) in [5.74, 6) is -2.07. The molecule has 2 aromatic carbocycles. The Morgan fingerprint density at radius 3 is 1.86 bits per heavy atom. The number of carbonyl (C=O) groups is 8. The molecule has 69 heavy (non-hydrogen) atoms. The normalized spacial score (nSPS) is 13.3. The van der Waals surface area contributed by atoms with E-state index in [1.165, 1.54) is 34.4 Å². The van der Waals surface area contributed by atoms with Crippen molar-refractivity contribution in [1.29, 1.82) is 0 Å². The van der Waals surface area contributed by atoms with Crippen LogP contribution in [0.3, 0.4) is 0 Å². The standard InChI is InChI=1S/C25H39N4O9PS.C17H16O2.C6H11O2PS/c1-25(2,3)38-23(34)16-28-18(24(35)39-40)6-4-5-10-26-20(31)17-37-15-14-36-13-11-27-19(30)9-12-29-21(32)7-8-22(29)33;1-2-17(18)19-11-16-14-9-5-3-7-12(14)13-8-4-6-10-15(13)16;1-6(2,3)8-5(7)4-9-10/h7-8,18,28H,4-6,9-17H2,1-3H3,(H,26,31)(H,27,30);3-10,16H,2,11H2,1H3;4H2,1-3H3. The lowest BCUT2D eigenvalue weighted by molar-refractivity contribution is -0.154. The van der Waals surface area contributed by atoms with Crippen molar-refractivity contribution in [2.75, 3.05) is 65.4 Å². The fourth-order valence-corrected chi connectivity index (χ4v) is 7.67.